The van der Waals surface area contributed by atoms with Gasteiger partial charge in [-0.2, -0.15) is 13.2 Å². The summed E-state index contributed by atoms with van der Waals surface area (Å²) in [5.74, 6) is 0. The molecule has 0 aliphatic carbocycles. The number of halogens is 4. The van der Waals surface area contributed by atoms with Crippen molar-refractivity contribution in [3.8, 4) is 0 Å². The third kappa shape index (κ3) is 3.99. The zero-order valence-corrected chi connectivity index (χ0v) is 12.3. The molecule has 0 bridgehead atoms. The largest absolute Gasteiger partial charge is 0.417 e. The Morgan fingerprint density at radius 3 is 2.52 bits per heavy atom. The van der Waals surface area contributed by atoms with Crippen molar-refractivity contribution in [2.45, 2.75) is 18.6 Å². The molecule has 1 aliphatic rings. The zero-order chi connectivity index (χ0) is 15.5. The summed E-state index contributed by atoms with van der Waals surface area (Å²) in [5.41, 5.74) is 0.0142. The van der Waals surface area contributed by atoms with Crippen LogP contribution in [-0.2, 0) is 6.18 Å². The minimum atomic E-state index is -4.42. The SMILES string of the molecule is C=CC[C@H](c1ccc(C(F)(F)F)c(Cl)c1)N1CCNCC1. The molecule has 0 amide bonds. The van der Waals surface area contributed by atoms with Gasteiger partial charge in [0.25, 0.3) is 0 Å². The van der Waals surface area contributed by atoms with Gasteiger partial charge in [0.05, 0.1) is 10.6 Å². The molecule has 1 fully saturated rings. The molecular weight excluding hydrogens is 301 g/mol. The van der Waals surface area contributed by atoms with Crippen LogP contribution in [0.2, 0.25) is 5.02 Å². The maximum absolute atomic E-state index is 12.8. The fourth-order valence-electron chi connectivity index (χ4n) is 2.62. The molecule has 0 aromatic heterocycles. The van der Waals surface area contributed by atoms with E-state index in [0.29, 0.717) is 6.42 Å². The summed E-state index contributed by atoms with van der Waals surface area (Å²) < 4.78 is 38.3. The average Bonchev–Trinajstić information content (AvgIpc) is 2.44. The second-order valence-electron chi connectivity index (χ2n) is 5.06. The predicted octanol–water partition coefficient (Wildman–Crippen LogP) is 3.88. The van der Waals surface area contributed by atoms with Gasteiger partial charge in [-0.05, 0) is 24.1 Å². The van der Waals surface area contributed by atoms with Crippen LogP contribution < -0.4 is 5.32 Å². The van der Waals surface area contributed by atoms with Crippen LogP contribution in [0.3, 0.4) is 0 Å². The third-order valence-corrected chi connectivity index (χ3v) is 3.98. The Balaban J connectivity index is 2.28. The van der Waals surface area contributed by atoms with Gasteiger partial charge in [0.1, 0.15) is 0 Å². The van der Waals surface area contributed by atoms with Gasteiger partial charge in [-0.25, -0.2) is 0 Å². The predicted molar refractivity (Wildman–Crippen MR) is 78.5 cm³/mol. The number of nitrogens with one attached hydrogen (secondary N) is 1. The molecule has 1 aliphatic heterocycles. The van der Waals surface area contributed by atoms with Crippen LogP contribution in [-0.4, -0.2) is 31.1 Å². The Kier molecular flexibility index (Phi) is 5.30. The molecular formula is C15H18ClF3N2. The first-order valence-electron chi connectivity index (χ1n) is 6.86. The van der Waals surface area contributed by atoms with Crippen LogP contribution in [0.4, 0.5) is 13.2 Å². The molecule has 116 valence electrons. The fraction of sp³-hybridized carbons (Fsp3) is 0.467. The van der Waals surface area contributed by atoms with Crippen LogP contribution in [0.1, 0.15) is 23.6 Å². The maximum Gasteiger partial charge on any atom is 0.417 e. The van der Waals surface area contributed by atoms with Crippen LogP contribution >= 0.6 is 11.6 Å². The third-order valence-electron chi connectivity index (χ3n) is 3.67. The Bertz CT molecular complexity index is 496. The highest BCUT2D eigenvalue weighted by molar-refractivity contribution is 6.31. The molecule has 0 radical (unpaired) electrons. The van der Waals surface area contributed by atoms with E-state index in [1.807, 2.05) is 0 Å². The molecule has 0 unspecified atom stereocenters. The molecule has 2 nitrogen and oxygen atoms in total. The monoisotopic (exact) mass is 318 g/mol. The van der Waals surface area contributed by atoms with Crippen molar-refractivity contribution in [2.75, 3.05) is 26.2 Å². The summed E-state index contributed by atoms with van der Waals surface area (Å²) in [4.78, 5) is 2.25. The van der Waals surface area contributed by atoms with Crippen molar-refractivity contribution in [3.63, 3.8) is 0 Å². The van der Waals surface area contributed by atoms with Crippen molar-refractivity contribution in [2.24, 2.45) is 0 Å². The highest BCUT2D eigenvalue weighted by atomic mass is 35.5. The number of alkyl halides is 3. The first-order chi connectivity index (χ1) is 9.93. The Labute approximate surface area is 127 Å². The van der Waals surface area contributed by atoms with E-state index in [9.17, 15) is 13.2 Å². The van der Waals surface area contributed by atoms with E-state index in [0.717, 1.165) is 37.8 Å². The van der Waals surface area contributed by atoms with E-state index in [4.69, 9.17) is 11.6 Å². The van der Waals surface area contributed by atoms with E-state index in [1.165, 1.54) is 12.1 Å². The standard InChI is InChI=1S/C15H18ClF3N2/c1-2-3-14(21-8-6-20-7-9-21)11-4-5-12(13(16)10-11)15(17,18)19/h2,4-5,10,14,20H,1,3,6-9H2/t14-/m1/s1. The summed E-state index contributed by atoms with van der Waals surface area (Å²) in [6.07, 6.45) is -1.95. The molecule has 1 saturated heterocycles. The molecule has 6 heteroatoms. The van der Waals surface area contributed by atoms with Gasteiger partial charge in [-0.3, -0.25) is 4.90 Å². The van der Waals surface area contributed by atoms with E-state index in [1.54, 1.807) is 6.08 Å². The minimum Gasteiger partial charge on any atom is -0.314 e. The molecule has 1 heterocycles. The molecule has 1 aromatic carbocycles. The lowest BCUT2D eigenvalue weighted by atomic mass is 9.99. The van der Waals surface area contributed by atoms with Crippen LogP contribution in [0, 0.1) is 0 Å². The minimum absolute atomic E-state index is 0.0179. The molecule has 2 rings (SSSR count). The normalized spacial score (nSPS) is 18.5. The van der Waals surface area contributed by atoms with E-state index in [-0.39, 0.29) is 11.1 Å². The Morgan fingerprint density at radius 2 is 2.00 bits per heavy atom. The highest BCUT2D eigenvalue weighted by Gasteiger charge is 2.33. The van der Waals surface area contributed by atoms with Crippen molar-refractivity contribution >= 4 is 11.6 Å². The van der Waals surface area contributed by atoms with Gasteiger partial charge in [0.15, 0.2) is 0 Å². The van der Waals surface area contributed by atoms with Crippen LogP contribution in [0.5, 0.6) is 0 Å². The maximum atomic E-state index is 12.8. The van der Waals surface area contributed by atoms with E-state index < -0.39 is 11.7 Å². The topological polar surface area (TPSA) is 15.3 Å². The van der Waals surface area contributed by atoms with Crippen LogP contribution in [0.25, 0.3) is 0 Å². The Hall–Kier alpha value is -1.04. The van der Waals surface area contributed by atoms with Gasteiger partial charge in [-0.1, -0.05) is 23.7 Å². The van der Waals surface area contributed by atoms with Crippen LogP contribution in [0.15, 0.2) is 30.9 Å². The molecule has 0 saturated carbocycles. The van der Waals surface area contributed by atoms with Gasteiger partial charge < -0.3 is 5.32 Å². The molecule has 1 aromatic rings. The smallest absolute Gasteiger partial charge is 0.314 e. The highest BCUT2D eigenvalue weighted by Crippen LogP contribution is 2.37. The van der Waals surface area contributed by atoms with Gasteiger partial charge >= 0.3 is 6.18 Å². The lowest BCUT2D eigenvalue weighted by Crippen LogP contribution is -2.45. The summed E-state index contributed by atoms with van der Waals surface area (Å²) >= 11 is 5.82. The van der Waals surface area contributed by atoms with E-state index in [2.05, 4.69) is 16.8 Å². The van der Waals surface area contributed by atoms with E-state index >= 15 is 0 Å². The summed E-state index contributed by atoms with van der Waals surface area (Å²) in [7, 11) is 0. The second kappa shape index (κ2) is 6.81. The lowest BCUT2D eigenvalue weighted by molar-refractivity contribution is -0.137. The van der Waals surface area contributed by atoms with Gasteiger partial charge in [0, 0.05) is 32.2 Å². The molecule has 0 spiro atoms. The lowest BCUT2D eigenvalue weighted by Gasteiger charge is -2.35. The summed E-state index contributed by atoms with van der Waals surface area (Å²) in [6, 6.07) is 4.03. The fourth-order valence-corrected chi connectivity index (χ4v) is 2.91. The van der Waals surface area contributed by atoms with Gasteiger partial charge in [0.2, 0.25) is 0 Å². The quantitative estimate of drug-likeness (QED) is 0.848. The number of piperazine rings is 1. The summed E-state index contributed by atoms with van der Waals surface area (Å²) in [5, 5.41) is 3.02. The summed E-state index contributed by atoms with van der Waals surface area (Å²) in [6.45, 7) is 7.22. The molecule has 1 atom stereocenters. The zero-order valence-electron chi connectivity index (χ0n) is 11.6. The Morgan fingerprint density at radius 1 is 1.33 bits per heavy atom. The number of hydrogen-bond donors (Lipinski definition) is 1. The average molecular weight is 319 g/mol. The van der Waals surface area contributed by atoms with Gasteiger partial charge in [-0.15, -0.1) is 6.58 Å². The van der Waals surface area contributed by atoms with Crippen molar-refractivity contribution in [1.82, 2.24) is 10.2 Å². The number of rotatable bonds is 4. The van der Waals surface area contributed by atoms with Crippen molar-refractivity contribution < 1.29 is 13.2 Å². The number of benzene rings is 1. The second-order valence-corrected chi connectivity index (χ2v) is 5.47. The molecule has 1 N–H and O–H groups in total. The molecule has 21 heavy (non-hydrogen) atoms. The van der Waals surface area contributed by atoms with Crippen molar-refractivity contribution in [3.05, 3.63) is 47.0 Å². The first-order valence-corrected chi connectivity index (χ1v) is 7.23. The number of nitrogens with zero attached hydrogens (tertiary/aromatic N) is 1. The van der Waals surface area contributed by atoms with Crippen molar-refractivity contribution in [1.29, 1.82) is 0 Å². The first kappa shape index (κ1) is 16.3. The number of hydrogen-bond acceptors (Lipinski definition) is 2.